The van der Waals surface area contributed by atoms with Crippen LogP contribution < -0.4 is 5.32 Å². The van der Waals surface area contributed by atoms with Crippen LogP contribution in [0.2, 0.25) is 0 Å². The molecule has 2 aromatic rings. The normalized spacial score (nSPS) is 20.8. The Morgan fingerprint density at radius 1 is 1.33 bits per heavy atom. The predicted octanol–water partition coefficient (Wildman–Crippen LogP) is 1.70. The third kappa shape index (κ3) is 2.55. The van der Waals surface area contributed by atoms with E-state index in [4.69, 9.17) is 0 Å². The summed E-state index contributed by atoms with van der Waals surface area (Å²) in [7, 11) is -2.99. The Morgan fingerprint density at radius 2 is 2.10 bits per heavy atom. The summed E-state index contributed by atoms with van der Waals surface area (Å²) < 4.78 is 22.9. The molecule has 0 bridgehead atoms. The zero-order chi connectivity index (χ0) is 15.2. The van der Waals surface area contributed by atoms with Crippen LogP contribution in [0.5, 0.6) is 0 Å². The van der Waals surface area contributed by atoms with Crippen LogP contribution in [0.4, 0.5) is 0 Å². The second kappa shape index (κ2) is 4.87. The number of fused-ring (bicyclic) bond motifs is 1. The maximum absolute atomic E-state index is 12.4. The van der Waals surface area contributed by atoms with Crippen molar-refractivity contribution in [3.8, 4) is 0 Å². The van der Waals surface area contributed by atoms with Gasteiger partial charge in [0.1, 0.15) is 0 Å². The lowest BCUT2D eigenvalue weighted by Gasteiger charge is -2.11. The second-order valence-electron chi connectivity index (χ2n) is 5.68. The molecule has 0 spiro atoms. The minimum absolute atomic E-state index is 0.0392. The minimum atomic E-state index is -2.99. The van der Waals surface area contributed by atoms with E-state index in [-0.39, 0.29) is 23.5 Å². The SMILES string of the molecule is Cc1[nH]c2c(C(=O)NC3CCS(=O)(=O)C3)cccc2c1C. The number of carbonyl (C=O) groups excluding carboxylic acids is 1. The number of amides is 1. The lowest BCUT2D eigenvalue weighted by Crippen LogP contribution is -2.35. The van der Waals surface area contributed by atoms with E-state index >= 15 is 0 Å². The first kappa shape index (κ1) is 14.1. The molecule has 1 unspecified atom stereocenters. The number of benzene rings is 1. The Kier molecular flexibility index (Phi) is 3.28. The van der Waals surface area contributed by atoms with Crippen LogP contribution in [0.25, 0.3) is 10.9 Å². The van der Waals surface area contributed by atoms with E-state index in [0.717, 1.165) is 22.2 Å². The van der Waals surface area contributed by atoms with Gasteiger partial charge in [0.2, 0.25) is 0 Å². The van der Waals surface area contributed by atoms with Crippen molar-refractivity contribution < 1.29 is 13.2 Å². The van der Waals surface area contributed by atoms with Crippen molar-refractivity contribution >= 4 is 26.6 Å². The van der Waals surface area contributed by atoms with Gasteiger partial charge in [0.25, 0.3) is 5.91 Å². The van der Waals surface area contributed by atoms with E-state index < -0.39 is 9.84 Å². The zero-order valence-corrected chi connectivity index (χ0v) is 12.9. The lowest BCUT2D eigenvalue weighted by molar-refractivity contribution is 0.0942. The highest BCUT2D eigenvalue weighted by Crippen LogP contribution is 2.24. The zero-order valence-electron chi connectivity index (χ0n) is 12.1. The van der Waals surface area contributed by atoms with Crippen molar-refractivity contribution in [2.24, 2.45) is 0 Å². The molecule has 1 amide bonds. The standard InChI is InChI=1S/C15H18N2O3S/c1-9-10(2)16-14-12(9)4-3-5-13(14)15(18)17-11-6-7-21(19,20)8-11/h3-5,11,16H,6-8H2,1-2H3,(H,17,18). The molecular weight excluding hydrogens is 288 g/mol. The Labute approximate surface area is 123 Å². The molecule has 2 heterocycles. The largest absolute Gasteiger partial charge is 0.358 e. The van der Waals surface area contributed by atoms with Crippen LogP contribution in [0.15, 0.2) is 18.2 Å². The lowest BCUT2D eigenvalue weighted by atomic mass is 10.1. The van der Waals surface area contributed by atoms with Crippen molar-refractivity contribution in [1.29, 1.82) is 0 Å². The Hall–Kier alpha value is -1.82. The first-order chi connectivity index (χ1) is 9.87. The van der Waals surface area contributed by atoms with Crippen molar-refractivity contribution in [3.63, 3.8) is 0 Å². The van der Waals surface area contributed by atoms with E-state index in [0.29, 0.717) is 12.0 Å². The van der Waals surface area contributed by atoms with E-state index in [1.54, 1.807) is 6.07 Å². The monoisotopic (exact) mass is 306 g/mol. The van der Waals surface area contributed by atoms with Crippen LogP contribution in [0, 0.1) is 13.8 Å². The quantitative estimate of drug-likeness (QED) is 0.886. The van der Waals surface area contributed by atoms with E-state index in [1.807, 2.05) is 26.0 Å². The van der Waals surface area contributed by atoms with Gasteiger partial charge in [-0.1, -0.05) is 12.1 Å². The molecule has 0 saturated carbocycles. The molecule has 1 atom stereocenters. The molecule has 112 valence electrons. The summed E-state index contributed by atoms with van der Waals surface area (Å²) in [4.78, 5) is 15.7. The summed E-state index contributed by atoms with van der Waals surface area (Å²) in [6, 6.07) is 5.31. The van der Waals surface area contributed by atoms with Crippen molar-refractivity contribution in [3.05, 3.63) is 35.0 Å². The number of aromatic nitrogens is 1. The highest BCUT2D eigenvalue weighted by Gasteiger charge is 2.29. The molecule has 5 nitrogen and oxygen atoms in total. The van der Waals surface area contributed by atoms with Crippen LogP contribution in [0.1, 0.15) is 28.0 Å². The van der Waals surface area contributed by atoms with E-state index in [9.17, 15) is 13.2 Å². The molecule has 0 radical (unpaired) electrons. The molecule has 1 aliphatic rings. The Bertz CT molecular complexity index is 821. The number of rotatable bonds is 2. The van der Waals surface area contributed by atoms with E-state index in [2.05, 4.69) is 10.3 Å². The van der Waals surface area contributed by atoms with Crippen molar-refractivity contribution in [2.45, 2.75) is 26.3 Å². The van der Waals surface area contributed by atoms with Crippen molar-refractivity contribution in [1.82, 2.24) is 10.3 Å². The Morgan fingerprint density at radius 3 is 2.76 bits per heavy atom. The molecule has 2 N–H and O–H groups in total. The molecule has 1 aliphatic heterocycles. The van der Waals surface area contributed by atoms with Crippen LogP contribution in [0.3, 0.4) is 0 Å². The molecular formula is C15H18N2O3S. The molecule has 3 rings (SSSR count). The topological polar surface area (TPSA) is 79.0 Å². The molecule has 1 fully saturated rings. The number of nitrogens with one attached hydrogen (secondary N) is 2. The van der Waals surface area contributed by atoms with E-state index in [1.165, 1.54) is 0 Å². The molecule has 1 saturated heterocycles. The van der Waals surface area contributed by atoms with Gasteiger partial charge in [0.15, 0.2) is 9.84 Å². The molecule has 0 aliphatic carbocycles. The summed E-state index contributed by atoms with van der Waals surface area (Å²) in [5.74, 6) is -0.0238. The van der Waals surface area contributed by atoms with Gasteiger partial charge in [-0.05, 0) is 31.9 Å². The predicted molar refractivity (Wildman–Crippen MR) is 82.3 cm³/mol. The maximum Gasteiger partial charge on any atom is 0.253 e. The Balaban J connectivity index is 1.90. The third-order valence-corrected chi connectivity index (χ3v) is 5.92. The number of carbonyl (C=O) groups is 1. The highest BCUT2D eigenvalue weighted by atomic mass is 32.2. The highest BCUT2D eigenvalue weighted by molar-refractivity contribution is 7.91. The number of para-hydroxylation sites is 1. The molecule has 1 aromatic heterocycles. The van der Waals surface area contributed by atoms with Gasteiger partial charge in [-0.2, -0.15) is 0 Å². The first-order valence-electron chi connectivity index (χ1n) is 6.96. The number of sulfone groups is 1. The number of H-pyrrole nitrogens is 1. The van der Waals surface area contributed by atoms with Gasteiger partial charge in [-0.3, -0.25) is 4.79 Å². The number of hydrogen-bond acceptors (Lipinski definition) is 3. The molecule has 6 heteroatoms. The van der Waals surface area contributed by atoms with Gasteiger partial charge in [0, 0.05) is 17.1 Å². The van der Waals surface area contributed by atoms with Gasteiger partial charge >= 0.3 is 0 Å². The fourth-order valence-corrected chi connectivity index (χ4v) is 4.52. The fourth-order valence-electron chi connectivity index (χ4n) is 2.84. The van der Waals surface area contributed by atoms with Gasteiger partial charge in [0.05, 0.1) is 22.6 Å². The molecule has 1 aromatic carbocycles. The van der Waals surface area contributed by atoms with Crippen LogP contribution in [-0.2, 0) is 9.84 Å². The van der Waals surface area contributed by atoms with Crippen LogP contribution in [-0.4, -0.2) is 36.9 Å². The van der Waals surface area contributed by atoms with Gasteiger partial charge in [-0.15, -0.1) is 0 Å². The average molecular weight is 306 g/mol. The number of aromatic amines is 1. The number of aryl methyl sites for hydroxylation is 2. The van der Waals surface area contributed by atoms with Crippen molar-refractivity contribution in [2.75, 3.05) is 11.5 Å². The smallest absolute Gasteiger partial charge is 0.253 e. The summed E-state index contributed by atoms with van der Waals surface area (Å²) in [6.45, 7) is 3.99. The first-order valence-corrected chi connectivity index (χ1v) is 8.79. The van der Waals surface area contributed by atoms with Gasteiger partial charge < -0.3 is 10.3 Å². The summed E-state index contributed by atoms with van der Waals surface area (Å²) in [5.41, 5.74) is 3.54. The summed E-state index contributed by atoms with van der Waals surface area (Å²) in [6.07, 6.45) is 0.493. The average Bonchev–Trinajstić information content (AvgIpc) is 2.90. The fraction of sp³-hybridized carbons (Fsp3) is 0.400. The summed E-state index contributed by atoms with van der Waals surface area (Å²) >= 11 is 0. The van der Waals surface area contributed by atoms with Gasteiger partial charge in [-0.25, -0.2) is 8.42 Å². The maximum atomic E-state index is 12.4. The number of hydrogen-bond donors (Lipinski definition) is 2. The minimum Gasteiger partial charge on any atom is -0.358 e. The van der Waals surface area contributed by atoms with Crippen LogP contribution >= 0.6 is 0 Å². The molecule has 21 heavy (non-hydrogen) atoms. The third-order valence-electron chi connectivity index (χ3n) is 4.16. The summed E-state index contributed by atoms with van der Waals surface area (Å²) in [5, 5.41) is 3.86. The second-order valence-corrected chi connectivity index (χ2v) is 7.91.